The molecule has 4 nitrogen and oxygen atoms in total. The lowest BCUT2D eigenvalue weighted by molar-refractivity contribution is 0.269. The molecule has 7 heteroatoms. The van der Waals surface area contributed by atoms with Crippen molar-refractivity contribution in [1.82, 2.24) is 0 Å². The van der Waals surface area contributed by atoms with Gasteiger partial charge in [-0.25, -0.2) is 0 Å². The SMILES string of the molecule is CCOc1cc(C=Nc2ccc([C@@H]3Nc4ccc(C)cc4[C@H]4C=CC[C@@H]43)cc2)cc(Cl)c1OCc1ccc(Cl)cc1Cl. The van der Waals surface area contributed by atoms with E-state index in [0.717, 1.165) is 23.2 Å². The highest BCUT2D eigenvalue weighted by atomic mass is 35.5. The molecule has 1 aliphatic heterocycles. The summed E-state index contributed by atoms with van der Waals surface area (Å²) in [5.41, 5.74) is 7.67. The summed E-state index contributed by atoms with van der Waals surface area (Å²) in [5.74, 6) is 1.96. The Kier molecular flexibility index (Phi) is 8.48. The first kappa shape index (κ1) is 28.7. The molecule has 6 rings (SSSR count). The summed E-state index contributed by atoms with van der Waals surface area (Å²) in [6, 6.07) is 24.4. The van der Waals surface area contributed by atoms with Gasteiger partial charge in [-0.2, -0.15) is 0 Å². The summed E-state index contributed by atoms with van der Waals surface area (Å²) in [6.45, 7) is 4.77. The predicted octanol–water partition coefficient (Wildman–Crippen LogP) is 10.5. The molecule has 0 amide bonds. The smallest absolute Gasteiger partial charge is 0.180 e. The van der Waals surface area contributed by atoms with Crippen molar-refractivity contribution in [3.63, 3.8) is 0 Å². The molecule has 0 saturated heterocycles. The van der Waals surface area contributed by atoms with Crippen molar-refractivity contribution < 1.29 is 9.47 Å². The van der Waals surface area contributed by atoms with Crippen LogP contribution in [0.2, 0.25) is 15.1 Å². The minimum atomic E-state index is 0.230. The van der Waals surface area contributed by atoms with E-state index in [4.69, 9.17) is 49.3 Å². The number of aryl methyl sites for hydroxylation is 1. The first-order valence-corrected chi connectivity index (χ1v) is 15.2. The van der Waals surface area contributed by atoms with Gasteiger partial charge in [0.15, 0.2) is 11.5 Å². The van der Waals surface area contributed by atoms with Crippen molar-refractivity contribution >= 4 is 52.4 Å². The molecule has 0 bridgehead atoms. The monoisotopic (exact) mass is 616 g/mol. The van der Waals surface area contributed by atoms with E-state index in [0.29, 0.717) is 45.0 Å². The van der Waals surface area contributed by atoms with Crippen LogP contribution in [0.15, 0.2) is 89.9 Å². The van der Waals surface area contributed by atoms with Crippen LogP contribution in [0, 0.1) is 12.8 Å². The van der Waals surface area contributed by atoms with Crippen LogP contribution in [-0.2, 0) is 6.61 Å². The lowest BCUT2D eigenvalue weighted by atomic mass is 9.76. The minimum absolute atomic E-state index is 0.230. The minimum Gasteiger partial charge on any atom is -0.490 e. The van der Waals surface area contributed by atoms with E-state index in [1.165, 1.54) is 22.4 Å². The molecule has 4 aromatic rings. The summed E-state index contributed by atoms with van der Waals surface area (Å²) in [7, 11) is 0. The summed E-state index contributed by atoms with van der Waals surface area (Å²) in [6.07, 6.45) is 7.56. The molecule has 0 saturated carbocycles. The van der Waals surface area contributed by atoms with Gasteiger partial charge < -0.3 is 14.8 Å². The van der Waals surface area contributed by atoms with Crippen molar-refractivity contribution in [2.75, 3.05) is 11.9 Å². The number of allylic oxidation sites excluding steroid dienone is 2. The first-order chi connectivity index (χ1) is 20.4. The average Bonchev–Trinajstić information content (AvgIpc) is 3.47. The largest absolute Gasteiger partial charge is 0.490 e. The van der Waals surface area contributed by atoms with Crippen LogP contribution in [0.1, 0.15) is 53.1 Å². The Morgan fingerprint density at radius 2 is 1.76 bits per heavy atom. The van der Waals surface area contributed by atoms with Gasteiger partial charge >= 0.3 is 0 Å². The number of nitrogens with one attached hydrogen (secondary N) is 1. The van der Waals surface area contributed by atoms with E-state index in [1.54, 1.807) is 18.3 Å². The van der Waals surface area contributed by atoms with Crippen molar-refractivity contribution in [2.24, 2.45) is 10.9 Å². The summed E-state index contributed by atoms with van der Waals surface area (Å²) >= 11 is 19.0. The van der Waals surface area contributed by atoms with Gasteiger partial charge in [0.2, 0.25) is 0 Å². The lowest BCUT2D eigenvalue weighted by Crippen LogP contribution is -2.29. The maximum absolute atomic E-state index is 6.65. The zero-order valence-corrected chi connectivity index (χ0v) is 25.7. The van der Waals surface area contributed by atoms with E-state index in [2.05, 4.69) is 66.9 Å². The van der Waals surface area contributed by atoms with Crippen LogP contribution in [0.4, 0.5) is 11.4 Å². The fourth-order valence-corrected chi connectivity index (χ4v) is 6.55. The van der Waals surface area contributed by atoms with Gasteiger partial charge in [0.1, 0.15) is 6.61 Å². The normalized spacial score (nSPS) is 18.9. The van der Waals surface area contributed by atoms with Crippen LogP contribution >= 0.6 is 34.8 Å². The Hall–Kier alpha value is -3.44. The van der Waals surface area contributed by atoms with Gasteiger partial charge in [-0.1, -0.05) is 82.9 Å². The van der Waals surface area contributed by atoms with E-state index in [-0.39, 0.29) is 12.6 Å². The number of halogens is 3. The van der Waals surface area contributed by atoms with Gasteiger partial charge in [0, 0.05) is 33.4 Å². The van der Waals surface area contributed by atoms with E-state index >= 15 is 0 Å². The average molecular weight is 618 g/mol. The summed E-state index contributed by atoms with van der Waals surface area (Å²) < 4.78 is 11.9. The van der Waals surface area contributed by atoms with Crippen molar-refractivity contribution in [3.8, 4) is 11.5 Å². The third-order valence-electron chi connectivity index (χ3n) is 7.85. The second kappa shape index (κ2) is 12.4. The van der Waals surface area contributed by atoms with Crippen molar-refractivity contribution in [2.45, 2.75) is 38.8 Å². The van der Waals surface area contributed by atoms with Crippen LogP contribution < -0.4 is 14.8 Å². The number of hydrogen-bond acceptors (Lipinski definition) is 4. The second-order valence-electron chi connectivity index (χ2n) is 10.7. The quantitative estimate of drug-likeness (QED) is 0.158. The number of hydrogen-bond donors (Lipinski definition) is 1. The molecule has 0 spiro atoms. The first-order valence-electron chi connectivity index (χ1n) is 14.1. The molecule has 214 valence electrons. The molecule has 0 radical (unpaired) electrons. The maximum Gasteiger partial charge on any atom is 0.180 e. The molecule has 0 unspecified atom stereocenters. The molecule has 0 fully saturated rings. The Bertz CT molecular complexity index is 1670. The van der Waals surface area contributed by atoms with Gasteiger partial charge in [-0.05, 0) is 85.3 Å². The van der Waals surface area contributed by atoms with Crippen LogP contribution in [0.3, 0.4) is 0 Å². The predicted molar refractivity (Wildman–Crippen MR) is 175 cm³/mol. The van der Waals surface area contributed by atoms with Crippen LogP contribution in [0.25, 0.3) is 0 Å². The third kappa shape index (κ3) is 6.03. The molecule has 42 heavy (non-hydrogen) atoms. The third-order valence-corrected chi connectivity index (χ3v) is 8.72. The summed E-state index contributed by atoms with van der Waals surface area (Å²) in [5, 5.41) is 5.35. The van der Waals surface area contributed by atoms with Crippen molar-refractivity contribution in [1.29, 1.82) is 0 Å². The highest BCUT2D eigenvalue weighted by Crippen LogP contribution is 2.50. The lowest BCUT2D eigenvalue weighted by Gasteiger charge is -2.37. The number of anilines is 1. The second-order valence-corrected chi connectivity index (χ2v) is 12.0. The topological polar surface area (TPSA) is 42.8 Å². The molecule has 3 atom stereocenters. The highest BCUT2D eigenvalue weighted by molar-refractivity contribution is 6.35. The van der Waals surface area contributed by atoms with Gasteiger partial charge in [0.25, 0.3) is 0 Å². The van der Waals surface area contributed by atoms with Crippen LogP contribution in [-0.4, -0.2) is 12.8 Å². The molecular formula is C35H31Cl3N2O2. The van der Waals surface area contributed by atoms with Gasteiger partial charge in [-0.3, -0.25) is 4.99 Å². The molecule has 1 N–H and O–H groups in total. The molecule has 1 aliphatic carbocycles. The van der Waals surface area contributed by atoms with Gasteiger partial charge in [0.05, 0.1) is 23.4 Å². The number of aliphatic imine (C=N–C) groups is 1. The van der Waals surface area contributed by atoms with E-state index in [1.807, 2.05) is 25.1 Å². The van der Waals surface area contributed by atoms with E-state index in [9.17, 15) is 0 Å². The number of ether oxygens (including phenoxy) is 2. The zero-order chi connectivity index (χ0) is 29.2. The van der Waals surface area contributed by atoms with Gasteiger partial charge in [-0.15, -0.1) is 0 Å². The Morgan fingerprint density at radius 3 is 2.55 bits per heavy atom. The fourth-order valence-electron chi connectivity index (χ4n) is 5.81. The number of benzene rings is 4. The zero-order valence-electron chi connectivity index (χ0n) is 23.4. The Morgan fingerprint density at radius 1 is 0.929 bits per heavy atom. The maximum atomic E-state index is 6.65. The Labute approximate surface area is 261 Å². The highest BCUT2D eigenvalue weighted by Gasteiger charge is 2.37. The number of nitrogens with zero attached hydrogens (tertiary/aromatic N) is 1. The standard InChI is InChI=1S/C35H31Cl3N2O2/c1-3-41-33-17-22(16-31(38)35(33)42-20-24-8-11-25(36)18-30(24)37)19-39-26-12-9-23(10-13-26)34-28-6-4-5-27(28)29-15-21(2)7-14-32(29)40-34/h4-5,7-19,27-28,34,40H,3,6,20H2,1-2H3/t27-,28-,34-/m0/s1. The molecule has 1 heterocycles. The number of fused-ring (bicyclic) bond motifs is 3. The summed E-state index contributed by atoms with van der Waals surface area (Å²) in [4.78, 5) is 4.72. The molecule has 0 aromatic heterocycles. The Balaban J connectivity index is 1.18. The van der Waals surface area contributed by atoms with Crippen molar-refractivity contribution in [3.05, 3.63) is 128 Å². The van der Waals surface area contributed by atoms with E-state index < -0.39 is 0 Å². The van der Waals surface area contributed by atoms with Crippen LogP contribution in [0.5, 0.6) is 11.5 Å². The molecule has 2 aliphatic rings. The molecule has 4 aromatic carbocycles. The fraction of sp³-hybridized carbons (Fsp3) is 0.229. The molecular weight excluding hydrogens is 587 g/mol. The number of rotatable bonds is 8.